The third kappa shape index (κ3) is 21.5. The standard InChI is InChI=1S/C50H84N2O15S2/c1-46(2,3)63-24-21-49(10,11)68-30-34(31-69(60,61)50(12,13)22-25-64-47(4,5)6)42(57)32-14-16-33(17-15-32)44(58)52-37(18-19-40(56)67-48(7,8)9)45(59)51-28-36-26-35(54)27-41(65-36)66-43-38(55)20-23-62-39(43)29-53/h14-17,34-39,41,43,53-55H,18-31H2,1-13H3,(H,51,59)(H,52,58)/t34?,35-,36-,37-,38+,39+,41+,43-/m0/s1. The van der Waals surface area contributed by atoms with Crippen LogP contribution in [0.25, 0.3) is 0 Å². The smallest absolute Gasteiger partial charge is 0.306 e. The molecule has 3 rings (SSSR count). The van der Waals surface area contributed by atoms with Crippen LogP contribution in [0, 0.1) is 5.92 Å². The monoisotopic (exact) mass is 1020 g/mol. The van der Waals surface area contributed by atoms with Crippen LogP contribution >= 0.6 is 11.8 Å². The first-order chi connectivity index (χ1) is 31.7. The molecule has 2 fully saturated rings. The molecule has 2 heterocycles. The second-order valence-corrected chi connectivity index (χ2v) is 26.8. The summed E-state index contributed by atoms with van der Waals surface area (Å²) in [6.07, 6.45) is -4.09. The van der Waals surface area contributed by atoms with Crippen molar-refractivity contribution in [3.63, 3.8) is 0 Å². The van der Waals surface area contributed by atoms with Crippen LogP contribution in [0.4, 0.5) is 0 Å². The van der Waals surface area contributed by atoms with Gasteiger partial charge in [0.05, 0.1) is 46.6 Å². The lowest BCUT2D eigenvalue weighted by Crippen LogP contribution is -2.53. The molecule has 1 unspecified atom stereocenters. The van der Waals surface area contributed by atoms with Gasteiger partial charge in [-0.25, -0.2) is 8.42 Å². The Morgan fingerprint density at radius 2 is 1.43 bits per heavy atom. The maximum atomic E-state index is 14.4. The van der Waals surface area contributed by atoms with E-state index in [0.29, 0.717) is 19.4 Å². The molecule has 396 valence electrons. The number of hydrogen-bond donors (Lipinski definition) is 5. The maximum absolute atomic E-state index is 14.4. The number of carbonyl (C=O) groups excluding carboxylic acids is 4. The summed E-state index contributed by atoms with van der Waals surface area (Å²) in [6.45, 7) is 24.6. The van der Waals surface area contributed by atoms with Crippen molar-refractivity contribution in [2.24, 2.45) is 5.92 Å². The highest BCUT2D eigenvalue weighted by Gasteiger charge is 2.41. The fraction of sp³-hybridized carbons (Fsp3) is 0.800. The van der Waals surface area contributed by atoms with E-state index >= 15 is 0 Å². The Hall–Kier alpha value is -2.72. The Bertz CT molecular complexity index is 1920. The number of thioether (sulfide) groups is 1. The van der Waals surface area contributed by atoms with Crippen molar-refractivity contribution in [1.29, 1.82) is 0 Å². The highest BCUT2D eigenvalue weighted by atomic mass is 32.2. The number of carbonyl (C=O) groups is 4. The molecule has 0 spiro atoms. The Morgan fingerprint density at radius 1 is 0.841 bits per heavy atom. The van der Waals surface area contributed by atoms with E-state index in [2.05, 4.69) is 10.6 Å². The number of hydrogen-bond acceptors (Lipinski definition) is 16. The zero-order valence-electron chi connectivity index (χ0n) is 43.4. The van der Waals surface area contributed by atoms with Crippen LogP contribution in [0.2, 0.25) is 0 Å². The zero-order valence-corrected chi connectivity index (χ0v) is 45.0. The minimum Gasteiger partial charge on any atom is -0.460 e. The third-order valence-corrected chi connectivity index (χ3v) is 16.0. The van der Waals surface area contributed by atoms with E-state index in [1.165, 1.54) is 36.0 Å². The Morgan fingerprint density at radius 3 is 2.01 bits per heavy atom. The van der Waals surface area contributed by atoms with Crippen LogP contribution in [0.3, 0.4) is 0 Å². The molecule has 0 aliphatic carbocycles. The van der Waals surface area contributed by atoms with E-state index in [0.717, 1.165) is 0 Å². The number of esters is 1. The molecule has 8 atom stereocenters. The quantitative estimate of drug-likeness (QED) is 0.0614. The van der Waals surface area contributed by atoms with E-state index in [-0.39, 0.29) is 85.7 Å². The maximum Gasteiger partial charge on any atom is 0.306 e. The molecule has 2 amide bonds. The predicted molar refractivity (Wildman–Crippen MR) is 265 cm³/mol. The van der Waals surface area contributed by atoms with Crippen LogP contribution in [-0.2, 0) is 47.8 Å². The van der Waals surface area contributed by atoms with Crippen LogP contribution in [-0.4, -0.2) is 161 Å². The van der Waals surface area contributed by atoms with Gasteiger partial charge in [-0.15, -0.1) is 0 Å². The number of aliphatic hydroxyl groups excluding tert-OH is 3. The van der Waals surface area contributed by atoms with Gasteiger partial charge in [0.25, 0.3) is 5.91 Å². The van der Waals surface area contributed by atoms with E-state index in [4.69, 9.17) is 28.4 Å². The molecular formula is C50H84N2O15S2. The summed E-state index contributed by atoms with van der Waals surface area (Å²) >= 11 is 1.51. The number of sulfone groups is 1. The molecule has 0 radical (unpaired) electrons. The number of nitrogens with one attached hydrogen (secondary N) is 2. The molecule has 2 aliphatic rings. The normalized spacial score (nSPS) is 22.9. The van der Waals surface area contributed by atoms with Gasteiger partial charge in [0.2, 0.25) is 5.91 Å². The number of amides is 2. The minimum atomic E-state index is -3.85. The van der Waals surface area contributed by atoms with Crippen LogP contribution in [0.5, 0.6) is 0 Å². The number of ether oxygens (including phenoxy) is 6. The van der Waals surface area contributed by atoms with Crippen molar-refractivity contribution in [2.75, 3.05) is 44.5 Å². The first-order valence-electron chi connectivity index (χ1n) is 24.2. The number of ketones is 1. The lowest BCUT2D eigenvalue weighted by molar-refractivity contribution is -0.275. The van der Waals surface area contributed by atoms with Gasteiger partial charge >= 0.3 is 5.97 Å². The second kappa shape index (κ2) is 25.8. The fourth-order valence-electron chi connectivity index (χ4n) is 7.50. The van der Waals surface area contributed by atoms with Crippen molar-refractivity contribution in [3.8, 4) is 0 Å². The zero-order chi connectivity index (χ0) is 52.2. The minimum absolute atomic E-state index is 0.0845. The first kappa shape index (κ1) is 60.6. The summed E-state index contributed by atoms with van der Waals surface area (Å²) in [6, 6.07) is 4.56. The molecule has 17 nitrogen and oxygen atoms in total. The SMILES string of the molecule is CC(C)(C)OCCC(C)(C)SCC(CS(=O)(=O)C(C)(C)CCOC(C)(C)C)C(=O)c1ccc(C(=O)N[C@@H](CCC(=O)OC(C)(C)C)C(=O)NC[C@@H]2C[C@H](O)C[C@@H](O[C@H]3[C@H](O)CCO[C@@H]3CO)O2)cc1. The number of Topliss-reactive ketones (excluding diaryl/α,β-unsaturated/α-hetero) is 1. The van der Waals surface area contributed by atoms with Gasteiger partial charge in [-0.3, -0.25) is 19.2 Å². The van der Waals surface area contributed by atoms with Crippen molar-refractivity contribution in [3.05, 3.63) is 35.4 Å². The summed E-state index contributed by atoms with van der Waals surface area (Å²) in [5.74, 6) is -3.39. The molecule has 2 saturated heterocycles. The summed E-state index contributed by atoms with van der Waals surface area (Å²) in [5, 5.41) is 36.4. The van der Waals surface area contributed by atoms with Crippen molar-refractivity contribution >= 4 is 45.2 Å². The molecule has 69 heavy (non-hydrogen) atoms. The van der Waals surface area contributed by atoms with Gasteiger partial charge < -0.3 is 54.4 Å². The second-order valence-electron chi connectivity index (χ2n) is 22.4. The number of rotatable bonds is 25. The average Bonchev–Trinajstić information content (AvgIpc) is 3.21. The molecule has 19 heteroatoms. The lowest BCUT2D eigenvalue weighted by Gasteiger charge is -2.40. The molecule has 2 aliphatic heterocycles. The molecular weight excluding hydrogens is 933 g/mol. The highest BCUT2D eigenvalue weighted by Crippen LogP contribution is 2.34. The Labute approximate surface area is 415 Å². The largest absolute Gasteiger partial charge is 0.460 e. The van der Waals surface area contributed by atoms with Gasteiger partial charge in [-0.1, -0.05) is 26.0 Å². The molecule has 0 aromatic heterocycles. The molecule has 5 N–H and O–H groups in total. The average molecular weight is 1020 g/mol. The molecule has 1 aromatic rings. The van der Waals surface area contributed by atoms with Crippen LogP contribution in [0.15, 0.2) is 24.3 Å². The van der Waals surface area contributed by atoms with E-state index in [1.807, 2.05) is 55.4 Å². The van der Waals surface area contributed by atoms with Crippen molar-refractivity contribution in [2.45, 2.75) is 204 Å². The van der Waals surface area contributed by atoms with Gasteiger partial charge in [-0.05, 0) is 114 Å². The summed E-state index contributed by atoms with van der Waals surface area (Å²) in [7, 11) is -3.85. The van der Waals surface area contributed by atoms with Gasteiger partial charge in [-0.2, -0.15) is 11.8 Å². The van der Waals surface area contributed by atoms with E-state index < -0.39 is 104 Å². The number of benzene rings is 1. The fourth-order valence-corrected chi connectivity index (χ4v) is 10.4. The predicted octanol–water partition coefficient (Wildman–Crippen LogP) is 5.33. The van der Waals surface area contributed by atoms with E-state index in [9.17, 15) is 42.9 Å². The van der Waals surface area contributed by atoms with Crippen molar-refractivity contribution < 1.29 is 71.3 Å². The Balaban J connectivity index is 1.80. The molecule has 0 saturated carbocycles. The molecule has 1 aromatic carbocycles. The summed E-state index contributed by atoms with van der Waals surface area (Å²) in [4.78, 5) is 54.7. The first-order valence-corrected chi connectivity index (χ1v) is 26.8. The topological polar surface area (TPSA) is 243 Å². The third-order valence-electron chi connectivity index (χ3n) is 11.7. The Kier molecular flexibility index (Phi) is 22.6. The summed E-state index contributed by atoms with van der Waals surface area (Å²) in [5.41, 5.74) is -1.25. The number of aliphatic hydroxyl groups is 3. The highest BCUT2D eigenvalue weighted by molar-refractivity contribution is 8.00. The van der Waals surface area contributed by atoms with Crippen LogP contribution in [0.1, 0.15) is 156 Å². The van der Waals surface area contributed by atoms with Crippen molar-refractivity contribution in [1.82, 2.24) is 10.6 Å². The van der Waals surface area contributed by atoms with Crippen LogP contribution < -0.4 is 10.6 Å². The van der Waals surface area contributed by atoms with Gasteiger partial charge in [0.15, 0.2) is 21.9 Å². The summed E-state index contributed by atoms with van der Waals surface area (Å²) < 4.78 is 61.5. The van der Waals surface area contributed by atoms with E-state index in [1.54, 1.807) is 34.6 Å². The molecule has 0 bridgehead atoms. The van der Waals surface area contributed by atoms with Gasteiger partial charge in [0, 0.05) is 73.2 Å². The van der Waals surface area contributed by atoms with Gasteiger partial charge in [0.1, 0.15) is 23.9 Å². The lowest BCUT2D eigenvalue weighted by atomic mass is 9.99.